The van der Waals surface area contributed by atoms with Crippen LogP contribution in [0.5, 0.6) is 0 Å². The summed E-state index contributed by atoms with van der Waals surface area (Å²) < 4.78 is 6.63. The standard InChI is InChI=1S/C17H19BrN2O2/c1-11-3-2-8-20(10-11)17(21)16-7-6-15(22-16)13-5-4-12(19)9-14(13)18/h4-7,9,11H,2-3,8,10,19H2,1H3/t11-/m0/s1. The molecule has 1 fully saturated rings. The molecule has 1 aromatic heterocycles. The fourth-order valence-electron chi connectivity index (χ4n) is 2.86. The molecule has 0 aliphatic carbocycles. The van der Waals surface area contributed by atoms with Gasteiger partial charge >= 0.3 is 0 Å². The predicted molar refractivity (Wildman–Crippen MR) is 90.6 cm³/mol. The number of halogens is 1. The van der Waals surface area contributed by atoms with E-state index in [1.54, 1.807) is 6.07 Å². The minimum Gasteiger partial charge on any atom is -0.451 e. The molecule has 4 nitrogen and oxygen atoms in total. The van der Waals surface area contributed by atoms with E-state index < -0.39 is 0 Å². The van der Waals surface area contributed by atoms with Gasteiger partial charge in [0.15, 0.2) is 5.76 Å². The molecule has 0 bridgehead atoms. The molecule has 0 spiro atoms. The van der Waals surface area contributed by atoms with Crippen LogP contribution in [0.1, 0.15) is 30.3 Å². The van der Waals surface area contributed by atoms with Crippen LogP contribution in [0.15, 0.2) is 39.2 Å². The number of nitrogens with two attached hydrogens (primary N) is 1. The number of furan rings is 1. The van der Waals surface area contributed by atoms with Crippen molar-refractivity contribution in [3.8, 4) is 11.3 Å². The third kappa shape index (κ3) is 3.04. The quantitative estimate of drug-likeness (QED) is 0.815. The Morgan fingerprint density at radius 1 is 1.36 bits per heavy atom. The van der Waals surface area contributed by atoms with Crippen molar-refractivity contribution in [1.82, 2.24) is 4.90 Å². The molecule has 3 rings (SSSR count). The molecule has 2 N–H and O–H groups in total. The molecule has 5 heteroatoms. The Morgan fingerprint density at radius 2 is 2.18 bits per heavy atom. The van der Waals surface area contributed by atoms with E-state index in [4.69, 9.17) is 10.2 Å². The number of amides is 1. The summed E-state index contributed by atoms with van der Waals surface area (Å²) in [7, 11) is 0. The number of anilines is 1. The lowest BCUT2D eigenvalue weighted by atomic mass is 10.0. The molecule has 22 heavy (non-hydrogen) atoms. The first kappa shape index (κ1) is 15.2. The Balaban J connectivity index is 1.82. The number of hydrogen-bond acceptors (Lipinski definition) is 3. The van der Waals surface area contributed by atoms with Crippen LogP contribution < -0.4 is 5.73 Å². The van der Waals surface area contributed by atoms with Gasteiger partial charge in [-0.3, -0.25) is 4.79 Å². The highest BCUT2D eigenvalue weighted by Gasteiger charge is 2.24. The highest BCUT2D eigenvalue weighted by molar-refractivity contribution is 9.10. The SMILES string of the molecule is C[C@H]1CCCN(C(=O)c2ccc(-c3ccc(N)cc3Br)o2)C1. The Hall–Kier alpha value is -1.75. The molecule has 1 aliphatic heterocycles. The van der Waals surface area contributed by atoms with Gasteiger partial charge in [-0.15, -0.1) is 0 Å². The average molecular weight is 363 g/mol. The van der Waals surface area contributed by atoms with Gasteiger partial charge in [0.25, 0.3) is 5.91 Å². The van der Waals surface area contributed by atoms with Crippen molar-refractivity contribution in [1.29, 1.82) is 0 Å². The van der Waals surface area contributed by atoms with E-state index in [9.17, 15) is 4.79 Å². The molecule has 1 amide bonds. The van der Waals surface area contributed by atoms with Crippen molar-refractivity contribution in [3.05, 3.63) is 40.6 Å². The number of hydrogen-bond donors (Lipinski definition) is 1. The second-order valence-electron chi connectivity index (χ2n) is 5.90. The Kier molecular flexibility index (Phi) is 4.25. The second kappa shape index (κ2) is 6.16. The molecule has 2 heterocycles. The first-order chi connectivity index (χ1) is 10.5. The summed E-state index contributed by atoms with van der Waals surface area (Å²) >= 11 is 3.48. The monoisotopic (exact) mass is 362 g/mol. The Labute approximate surface area is 138 Å². The number of nitrogen functional groups attached to an aromatic ring is 1. The van der Waals surface area contributed by atoms with E-state index in [0.717, 1.165) is 29.5 Å². The molecule has 1 saturated heterocycles. The lowest BCUT2D eigenvalue weighted by Gasteiger charge is -2.30. The smallest absolute Gasteiger partial charge is 0.289 e. The van der Waals surface area contributed by atoms with Crippen LogP contribution in [0.2, 0.25) is 0 Å². The van der Waals surface area contributed by atoms with Crippen LogP contribution in [-0.2, 0) is 0 Å². The number of benzene rings is 1. The lowest BCUT2D eigenvalue weighted by molar-refractivity contribution is 0.0652. The summed E-state index contributed by atoms with van der Waals surface area (Å²) in [5, 5.41) is 0. The van der Waals surface area contributed by atoms with E-state index in [0.29, 0.717) is 23.1 Å². The molecular formula is C17H19BrN2O2. The van der Waals surface area contributed by atoms with Crippen LogP contribution in [0, 0.1) is 5.92 Å². The zero-order valence-electron chi connectivity index (χ0n) is 12.5. The Bertz CT molecular complexity index is 696. The maximum atomic E-state index is 12.5. The van der Waals surface area contributed by atoms with Gasteiger partial charge < -0.3 is 15.1 Å². The van der Waals surface area contributed by atoms with E-state index in [2.05, 4.69) is 22.9 Å². The van der Waals surface area contributed by atoms with Crippen LogP contribution >= 0.6 is 15.9 Å². The molecule has 0 radical (unpaired) electrons. The van der Waals surface area contributed by atoms with Crippen LogP contribution in [0.3, 0.4) is 0 Å². The zero-order valence-corrected chi connectivity index (χ0v) is 14.1. The van der Waals surface area contributed by atoms with Gasteiger partial charge in [0, 0.05) is 28.8 Å². The second-order valence-corrected chi connectivity index (χ2v) is 6.76. The summed E-state index contributed by atoms with van der Waals surface area (Å²) in [4.78, 5) is 14.4. The average Bonchev–Trinajstić information content (AvgIpc) is 2.96. The van der Waals surface area contributed by atoms with Crippen LogP contribution in [0.25, 0.3) is 11.3 Å². The molecule has 0 saturated carbocycles. The summed E-state index contributed by atoms with van der Waals surface area (Å²) in [6.45, 7) is 3.80. The predicted octanol–water partition coefficient (Wildman–Crippen LogP) is 4.16. The summed E-state index contributed by atoms with van der Waals surface area (Å²) in [6.07, 6.45) is 2.25. The van der Waals surface area contributed by atoms with E-state index >= 15 is 0 Å². The topological polar surface area (TPSA) is 59.5 Å². The first-order valence-corrected chi connectivity index (χ1v) is 8.28. The van der Waals surface area contributed by atoms with E-state index in [1.165, 1.54) is 6.42 Å². The van der Waals surface area contributed by atoms with Crippen molar-refractivity contribution in [2.75, 3.05) is 18.8 Å². The highest BCUT2D eigenvalue weighted by atomic mass is 79.9. The lowest BCUT2D eigenvalue weighted by Crippen LogP contribution is -2.38. The number of carbonyl (C=O) groups excluding carboxylic acids is 1. The van der Waals surface area contributed by atoms with Crippen molar-refractivity contribution in [2.24, 2.45) is 5.92 Å². The van der Waals surface area contributed by atoms with Crippen molar-refractivity contribution in [3.63, 3.8) is 0 Å². The van der Waals surface area contributed by atoms with E-state index in [1.807, 2.05) is 29.2 Å². The van der Waals surface area contributed by atoms with Gasteiger partial charge in [-0.25, -0.2) is 0 Å². The van der Waals surface area contributed by atoms with E-state index in [-0.39, 0.29) is 5.91 Å². The van der Waals surface area contributed by atoms with Gasteiger partial charge in [-0.05, 0) is 65.0 Å². The highest BCUT2D eigenvalue weighted by Crippen LogP contribution is 2.31. The van der Waals surface area contributed by atoms with Crippen LogP contribution in [0.4, 0.5) is 5.69 Å². The zero-order chi connectivity index (χ0) is 15.7. The van der Waals surface area contributed by atoms with Crippen molar-refractivity contribution in [2.45, 2.75) is 19.8 Å². The molecule has 116 valence electrons. The summed E-state index contributed by atoms with van der Waals surface area (Å²) in [5.41, 5.74) is 7.32. The molecule has 1 aliphatic rings. The Morgan fingerprint density at radius 3 is 2.91 bits per heavy atom. The third-order valence-electron chi connectivity index (χ3n) is 4.02. The minimum absolute atomic E-state index is 0.0237. The fraction of sp³-hybridized carbons (Fsp3) is 0.353. The van der Waals surface area contributed by atoms with Crippen molar-refractivity contribution < 1.29 is 9.21 Å². The fourth-order valence-corrected chi connectivity index (χ4v) is 3.45. The molecule has 2 aromatic rings. The molecule has 1 aromatic carbocycles. The molecular weight excluding hydrogens is 344 g/mol. The first-order valence-electron chi connectivity index (χ1n) is 7.49. The third-order valence-corrected chi connectivity index (χ3v) is 4.68. The largest absolute Gasteiger partial charge is 0.451 e. The van der Waals surface area contributed by atoms with Gasteiger partial charge in [-0.2, -0.15) is 0 Å². The van der Waals surface area contributed by atoms with Gasteiger partial charge in [-0.1, -0.05) is 6.92 Å². The number of carbonyl (C=O) groups is 1. The number of piperidine rings is 1. The molecule has 0 unspecified atom stereocenters. The summed E-state index contributed by atoms with van der Waals surface area (Å²) in [5.74, 6) is 1.59. The normalized spacial score (nSPS) is 18.5. The number of rotatable bonds is 2. The number of likely N-dealkylation sites (tertiary alicyclic amines) is 1. The van der Waals surface area contributed by atoms with Gasteiger partial charge in [0.1, 0.15) is 5.76 Å². The van der Waals surface area contributed by atoms with Gasteiger partial charge in [0.05, 0.1) is 0 Å². The summed E-state index contributed by atoms with van der Waals surface area (Å²) in [6, 6.07) is 9.11. The minimum atomic E-state index is -0.0237. The van der Waals surface area contributed by atoms with Crippen molar-refractivity contribution >= 4 is 27.5 Å². The maximum Gasteiger partial charge on any atom is 0.289 e. The maximum absolute atomic E-state index is 12.5. The van der Waals surface area contributed by atoms with Gasteiger partial charge in [0.2, 0.25) is 0 Å². The molecule has 1 atom stereocenters. The number of nitrogens with zero attached hydrogens (tertiary/aromatic N) is 1. The van der Waals surface area contributed by atoms with Crippen LogP contribution in [-0.4, -0.2) is 23.9 Å².